The third-order valence-electron chi connectivity index (χ3n) is 3.87. The SMILES string of the molecule is CN=C(NCCNC(=O)c1scnc1C)NCCc1cc(C)cc(C)c1. The van der Waals surface area contributed by atoms with Crippen molar-refractivity contribution in [3.05, 3.63) is 51.0 Å². The third kappa shape index (κ3) is 6.15. The van der Waals surface area contributed by atoms with Gasteiger partial charge in [-0.2, -0.15) is 0 Å². The highest BCUT2D eigenvalue weighted by atomic mass is 32.1. The Balaban J connectivity index is 1.68. The molecule has 0 radical (unpaired) electrons. The van der Waals surface area contributed by atoms with Gasteiger partial charge in [0.1, 0.15) is 4.88 Å². The lowest BCUT2D eigenvalue weighted by Gasteiger charge is -2.12. The van der Waals surface area contributed by atoms with Crippen LogP contribution in [-0.2, 0) is 6.42 Å². The molecule has 26 heavy (non-hydrogen) atoms. The van der Waals surface area contributed by atoms with Gasteiger partial charge in [0.15, 0.2) is 5.96 Å². The molecular weight excluding hydrogens is 346 g/mol. The number of aryl methyl sites for hydroxylation is 3. The second-order valence-corrected chi connectivity index (χ2v) is 7.05. The van der Waals surface area contributed by atoms with Crippen molar-refractivity contribution in [3.63, 3.8) is 0 Å². The summed E-state index contributed by atoms with van der Waals surface area (Å²) >= 11 is 1.36. The summed E-state index contributed by atoms with van der Waals surface area (Å²) in [5.74, 6) is 0.655. The molecule has 2 rings (SSSR count). The van der Waals surface area contributed by atoms with Crippen LogP contribution < -0.4 is 16.0 Å². The molecule has 0 aliphatic rings. The molecule has 0 bridgehead atoms. The van der Waals surface area contributed by atoms with E-state index in [0.29, 0.717) is 18.0 Å². The quantitative estimate of drug-likeness (QED) is 0.395. The molecular formula is C19H27N5OS. The molecule has 3 N–H and O–H groups in total. The van der Waals surface area contributed by atoms with E-state index in [2.05, 4.69) is 58.0 Å². The van der Waals surface area contributed by atoms with Crippen molar-refractivity contribution in [2.24, 2.45) is 4.99 Å². The highest BCUT2D eigenvalue weighted by Crippen LogP contribution is 2.11. The minimum atomic E-state index is -0.0791. The van der Waals surface area contributed by atoms with Gasteiger partial charge in [-0.05, 0) is 32.8 Å². The second kappa shape index (κ2) is 9.91. The van der Waals surface area contributed by atoms with Crippen LogP contribution in [0.4, 0.5) is 0 Å². The number of rotatable bonds is 7. The number of aromatic nitrogens is 1. The van der Waals surface area contributed by atoms with E-state index in [0.717, 1.165) is 24.6 Å². The molecule has 1 aromatic heterocycles. The van der Waals surface area contributed by atoms with E-state index in [1.54, 1.807) is 12.6 Å². The summed E-state index contributed by atoms with van der Waals surface area (Å²) < 4.78 is 0. The van der Waals surface area contributed by atoms with Crippen LogP contribution in [0.5, 0.6) is 0 Å². The summed E-state index contributed by atoms with van der Waals surface area (Å²) in [6, 6.07) is 6.60. The number of carbonyl (C=O) groups is 1. The first-order valence-corrected chi connectivity index (χ1v) is 9.57. The first kappa shape index (κ1) is 19.9. The Hall–Kier alpha value is -2.41. The molecule has 0 unspecified atom stereocenters. The molecule has 2 aromatic rings. The van der Waals surface area contributed by atoms with Gasteiger partial charge in [-0.25, -0.2) is 4.98 Å². The predicted molar refractivity (Wildman–Crippen MR) is 108 cm³/mol. The number of thiazole rings is 1. The van der Waals surface area contributed by atoms with E-state index in [1.807, 2.05) is 6.92 Å². The minimum Gasteiger partial charge on any atom is -0.356 e. The lowest BCUT2D eigenvalue weighted by Crippen LogP contribution is -2.42. The van der Waals surface area contributed by atoms with Crippen LogP contribution in [0.15, 0.2) is 28.7 Å². The van der Waals surface area contributed by atoms with Crippen LogP contribution in [0.2, 0.25) is 0 Å². The fourth-order valence-electron chi connectivity index (χ4n) is 2.72. The number of nitrogens with one attached hydrogen (secondary N) is 3. The maximum Gasteiger partial charge on any atom is 0.263 e. The molecule has 6 nitrogen and oxygen atoms in total. The average molecular weight is 374 g/mol. The van der Waals surface area contributed by atoms with E-state index in [-0.39, 0.29) is 5.91 Å². The summed E-state index contributed by atoms with van der Waals surface area (Å²) in [4.78, 5) is 21.0. The van der Waals surface area contributed by atoms with Gasteiger partial charge in [-0.1, -0.05) is 29.3 Å². The molecule has 0 fully saturated rings. The third-order valence-corrected chi connectivity index (χ3v) is 4.79. The Morgan fingerprint density at radius 3 is 2.31 bits per heavy atom. The van der Waals surface area contributed by atoms with Gasteiger partial charge in [0.05, 0.1) is 11.2 Å². The number of carbonyl (C=O) groups excluding carboxylic acids is 1. The number of hydrogen-bond acceptors (Lipinski definition) is 4. The van der Waals surface area contributed by atoms with Crippen LogP contribution in [-0.4, -0.2) is 43.5 Å². The van der Waals surface area contributed by atoms with Crippen molar-refractivity contribution in [3.8, 4) is 0 Å². The van der Waals surface area contributed by atoms with E-state index >= 15 is 0 Å². The summed E-state index contributed by atoms with van der Waals surface area (Å²) in [6.07, 6.45) is 0.935. The van der Waals surface area contributed by atoms with Crippen molar-refractivity contribution >= 4 is 23.2 Å². The number of hydrogen-bond donors (Lipinski definition) is 3. The van der Waals surface area contributed by atoms with Gasteiger partial charge in [0.25, 0.3) is 5.91 Å². The Morgan fingerprint density at radius 1 is 1.04 bits per heavy atom. The molecule has 0 spiro atoms. The maximum absolute atomic E-state index is 12.0. The number of benzene rings is 1. The lowest BCUT2D eigenvalue weighted by molar-refractivity contribution is 0.0957. The van der Waals surface area contributed by atoms with Crippen LogP contribution in [0.3, 0.4) is 0 Å². The first-order valence-electron chi connectivity index (χ1n) is 8.69. The van der Waals surface area contributed by atoms with Crippen LogP contribution in [0.25, 0.3) is 0 Å². The minimum absolute atomic E-state index is 0.0791. The van der Waals surface area contributed by atoms with E-state index in [4.69, 9.17) is 0 Å². The normalized spacial score (nSPS) is 11.3. The van der Waals surface area contributed by atoms with Gasteiger partial charge >= 0.3 is 0 Å². The van der Waals surface area contributed by atoms with Crippen LogP contribution >= 0.6 is 11.3 Å². The molecule has 1 heterocycles. The summed E-state index contributed by atoms with van der Waals surface area (Å²) in [5, 5.41) is 9.39. The highest BCUT2D eigenvalue weighted by molar-refractivity contribution is 7.11. The predicted octanol–water partition coefficient (Wildman–Crippen LogP) is 2.21. The largest absolute Gasteiger partial charge is 0.356 e. The van der Waals surface area contributed by atoms with E-state index < -0.39 is 0 Å². The number of aliphatic imine (C=N–C) groups is 1. The van der Waals surface area contributed by atoms with E-state index in [9.17, 15) is 4.79 Å². The lowest BCUT2D eigenvalue weighted by atomic mass is 10.1. The van der Waals surface area contributed by atoms with Crippen LogP contribution in [0.1, 0.15) is 32.1 Å². The highest BCUT2D eigenvalue weighted by Gasteiger charge is 2.10. The topological polar surface area (TPSA) is 78.4 Å². The monoisotopic (exact) mass is 373 g/mol. The zero-order valence-electron chi connectivity index (χ0n) is 15.8. The Bertz CT molecular complexity index is 749. The fourth-order valence-corrected chi connectivity index (χ4v) is 3.43. The fraction of sp³-hybridized carbons (Fsp3) is 0.421. The van der Waals surface area contributed by atoms with Gasteiger partial charge in [0.2, 0.25) is 0 Å². The molecule has 0 aliphatic carbocycles. The molecule has 1 amide bonds. The van der Waals surface area contributed by atoms with Gasteiger partial charge < -0.3 is 16.0 Å². The molecule has 7 heteroatoms. The molecule has 0 saturated carbocycles. The van der Waals surface area contributed by atoms with Gasteiger partial charge in [0, 0.05) is 26.7 Å². The Morgan fingerprint density at radius 2 is 1.69 bits per heavy atom. The first-order chi connectivity index (χ1) is 12.5. The second-order valence-electron chi connectivity index (χ2n) is 6.19. The van der Waals surface area contributed by atoms with Crippen molar-refractivity contribution in [1.29, 1.82) is 0 Å². The zero-order valence-corrected chi connectivity index (χ0v) is 16.7. The molecule has 140 valence electrons. The summed E-state index contributed by atoms with van der Waals surface area (Å²) in [6.45, 7) is 8.00. The van der Waals surface area contributed by atoms with Crippen molar-refractivity contribution in [2.75, 3.05) is 26.7 Å². The van der Waals surface area contributed by atoms with Crippen LogP contribution in [0, 0.1) is 20.8 Å². The molecule has 0 saturated heterocycles. The molecule has 0 atom stereocenters. The molecule has 0 aliphatic heterocycles. The smallest absolute Gasteiger partial charge is 0.263 e. The average Bonchev–Trinajstić information content (AvgIpc) is 3.02. The van der Waals surface area contributed by atoms with Crippen molar-refractivity contribution < 1.29 is 4.79 Å². The zero-order chi connectivity index (χ0) is 18.9. The molecule has 1 aromatic carbocycles. The van der Waals surface area contributed by atoms with Crippen molar-refractivity contribution in [2.45, 2.75) is 27.2 Å². The van der Waals surface area contributed by atoms with E-state index in [1.165, 1.54) is 28.0 Å². The Kier molecular flexibility index (Phi) is 7.59. The number of guanidine groups is 1. The van der Waals surface area contributed by atoms with Gasteiger partial charge in [-0.3, -0.25) is 9.79 Å². The standard InChI is InChI=1S/C19H27N5OS/c1-13-9-14(2)11-16(10-13)5-6-22-19(20-4)23-8-7-21-18(25)17-15(3)24-12-26-17/h9-12H,5-8H2,1-4H3,(H,21,25)(H2,20,22,23). The van der Waals surface area contributed by atoms with Gasteiger partial charge in [-0.15, -0.1) is 11.3 Å². The summed E-state index contributed by atoms with van der Waals surface area (Å²) in [7, 11) is 1.74. The number of amides is 1. The Labute approximate surface area is 159 Å². The summed E-state index contributed by atoms with van der Waals surface area (Å²) in [5.41, 5.74) is 6.34. The maximum atomic E-state index is 12.0. The number of nitrogens with zero attached hydrogens (tertiary/aromatic N) is 2. The van der Waals surface area contributed by atoms with Crippen molar-refractivity contribution in [1.82, 2.24) is 20.9 Å².